The second-order valence-corrected chi connectivity index (χ2v) is 3.15. The molecule has 0 saturated heterocycles. The number of carbonyl (C=O) groups excluding carboxylic acids is 1. The normalized spacial score (nSPS) is 10.8. The van der Waals surface area contributed by atoms with Crippen LogP contribution in [0.4, 0.5) is 0 Å². The number of benzene rings is 1. The van der Waals surface area contributed by atoms with Gasteiger partial charge in [-0.15, -0.1) is 0 Å². The summed E-state index contributed by atoms with van der Waals surface area (Å²) in [5.74, 6) is -1.89. The molecule has 1 rings (SSSR count). The molecule has 0 amide bonds. The van der Waals surface area contributed by atoms with Gasteiger partial charge in [-0.25, -0.2) is 0 Å². The summed E-state index contributed by atoms with van der Waals surface area (Å²) in [6.07, 6.45) is -0.253. The maximum Gasteiger partial charge on any atom is 0.257 e. The van der Waals surface area contributed by atoms with Crippen LogP contribution in [-0.4, -0.2) is 20.0 Å². The predicted molar refractivity (Wildman–Crippen MR) is 57.4 cm³/mol. The van der Waals surface area contributed by atoms with E-state index in [4.69, 9.17) is 14.7 Å². The summed E-state index contributed by atoms with van der Waals surface area (Å²) in [6.45, 7) is 0. The lowest BCUT2D eigenvalue weighted by Gasteiger charge is -2.28. The average molecular weight is 219 g/mol. The van der Waals surface area contributed by atoms with Crippen molar-refractivity contribution in [1.82, 2.24) is 0 Å². The molecule has 0 atom stereocenters. The van der Waals surface area contributed by atoms with Gasteiger partial charge in [-0.1, -0.05) is 30.3 Å². The molecule has 1 aromatic carbocycles. The van der Waals surface area contributed by atoms with E-state index in [2.05, 4.69) is 0 Å². The van der Waals surface area contributed by atoms with Crippen molar-refractivity contribution in [1.29, 1.82) is 5.26 Å². The Hall–Kier alpha value is -1.70. The van der Waals surface area contributed by atoms with Crippen molar-refractivity contribution < 1.29 is 14.3 Å². The number of Topliss-reactive ketones (excluding diaryl/α,β-unsaturated/α-hetero) is 1. The Labute approximate surface area is 94.4 Å². The second-order valence-electron chi connectivity index (χ2n) is 3.15. The van der Waals surface area contributed by atoms with Crippen molar-refractivity contribution in [3.05, 3.63) is 35.9 Å². The third-order valence-corrected chi connectivity index (χ3v) is 2.34. The lowest BCUT2D eigenvalue weighted by Crippen LogP contribution is -2.39. The van der Waals surface area contributed by atoms with Crippen LogP contribution in [0.15, 0.2) is 30.3 Å². The van der Waals surface area contributed by atoms with E-state index >= 15 is 0 Å². The number of rotatable bonds is 5. The summed E-state index contributed by atoms with van der Waals surface area (Å²) in [4.78, 5) is 11.9. The predicted octanol–water partition coefficient (Wildman–Crippen LogP) is 1.61. The first-order chi connectivity index (χ1) is 7.71. The molecule has 0 bridgehead atoms. The maximum atomic E-state index is 11.9. The first-order valence-corrected chi connectivity index (χ1v) is 4.77. The highest BCUT2D eigenvalue weighted by molar-refractivity contribution is 5.88. The highest BCUT2D eigenvalue weighted by Gasteiger charge is 2.40. The van der Waals surface area contributed by atoms with E-state index in [1.54, 1.807) is 30.3 Å². The topological polar surface area (TPSA) is 59.3 Å². The number of ether oxygens (including phenoxy) is 2. The fourth-order valence-electron chi connectivity index (χ4n) is 1.55. The van der Waals surface area contributed by atoms with Crippen LogP contribution in [0.5, 0.6) is 0 Å². The van der Waals surface area contributed by atoms with Gasteiger partial charge in [0.1, 0.15) is 0 Å². The van der Waals surface area contributed by atoms with Gasteiger partial charge in [0, 0.05) is 19.8 Å². The van der Waals surface area contributed by atoms with Gasteiger partial charge < -0.3 is 9.47 Å². The molecule has 84 valence electrons. The molecule has 0 heterocycles. The van der Waals surface area contributed by atoms with E-state index in [0.29, 0.717) is 5.56 Å². The molecule has 0 unspecified atom stereocenters. The van der Waals surface area contributed by atoms with Crippen molar-refractivity contribution >= 4 is 5.78 Å². The largest absolute Gasteiger partial charge is 0.343 e. The summed E-state index contributed by atoms with van der Waals surface area (Å²) in [5.41, 5.74) is 0.584. The molecule has 4 nitrogen and oxygen atoms in total. The molecule has 16 heavy (non-hydrogen) atoms. The number of ketones is 1. The second kappa shape index (κ2) is 5.40. The van der Waals surface area contributed by atoms with Gasteiger partial charge in [0.15, 0.2) is 0 Å². The van der Waals surface area contributed by atoms with Gasteiger partial charge in [0.2, 0.25) is 5.78 Å². The van der Waals surface area contributed by atoms with Crippen molar-refractivity contribution in [2.24, 2.45) is 0 Å². The molecule has 1 aromatic rings. The lowest BCUT2D eigenvalue weighted by molar-refractivity contribution is -0.212. The molecule has 0 aliphatic carbocycles. The summed E-state index contributed by atoms with van der Waals surface area (Å²) >= 11 is 0. The number of hydrogen-bond acceptors (Lipinski definition) is 4. The molecule has 0 N–H and O–H groups in total. The molecular formula is C12H13NO3. The first-order valence-electron chi connectivity index (χ1n) is 4.77. The Morgan fingerprint density at radius 3 is 2.31 bits per heavy atom. The van der Waals surface area contributed by atoms with Crippen molar-refractivity contribution in [3.63, 3.8) is 0 Å². The van der Waals surface area contributed by atoms with Crippen LogP contribution in [0, 0.1) is 11.3 Å². The molecule has 0 fully saturated rings. The van der Waals surface area contributed by atoms with Crippen LogP contribution in [0.3, 0.4) is 0 Å². The first kappa shape index (κ1) is 12.4. The smallest absolute Gasteiger partial charge is 0.257 e. The summed E-state index contributed by atoms with van der Waals surface area (Å²) in [6, 6.07) is 10.6. The quantitative estimate of drug-likeness (QED) is 0.706. The third-order valence-electron chi connectivity index (χ3n) is 2.34. The lowest BCUT2D eigenvalue weighted by atomic mass is 9.99. The van der Waals surface area contributed by atoms with Gasteiger partial charge in [-0.3, -0.25) is 4.79 Å². The SMILES string of the molecule is COC(OC)(C(=O)CC#N)c1ccccc1. The molecule has 0 radical (unpaired) electrons. The van der Waals surface area contributed by atoms with Crippen molar-refractivity contribution in [2.75, 3.05) is 14.2 Å². The minimum absolute atomic E-state index is 0.253. The van der Waals surface area contributed by atoms with E-state index in [9.17, 15) is 4.79 Å². The van der Waals surface area contributed by atoms with Gasteiger partial charge in [-0.05, 0) is 0 Å². The van der Waals surface area contributed by atoms with E-state index in [1.807, 2.05) is 6.07 Å². The van der Waals surface area contributed by atoms with E-state index in [1.165, 1.54) is 14.2 Å². The molecule has 0 aliphatic heterocycles. The molecule has 0 aliphatic rings. The zero-order valence-electron chi connectivity index (χ0n) is 9.27. The van der Waals surface area contributed by atoms with E-state index in [-0.39, 0.29) is 6.42 Å². The molecule has 4 heteroatoms. The number of hydrogen-bond donors (Lipinski definition) is 0. The van der Waals surface area contributed by atoms with Gasteiger partial charge in [0.25, 0.3) is 5.79 Å². The minimum Gasteiger partial charge on any atom is -0.343 e. The van der Waals surface area contributed by atoms with Crippen LogP contribution >= 0.6 is 0 Å². The number of nitriles is 1. The van der Waals surface area contributed by atoms with Crippen LogP contribution in [0.25, 0.3) is 0 Å². The Bertz CT molecular complexity index is 390. The summed E-state index contributed by atoms with van der Waals surface area (Å²) < 4.78 is 10.3. The van der Waals surface area contributed by atoms with Crippen LogP contribution in [-0.2, 0) is 20.1 Å². The zero-order valence-corrected chi connectivity index (χ0v) is 9.27. The Morgan fingerprint density at radius 2 is 1.88 bits per heavy atom. The maximum absolute atomic E-state index is 11.9. The average Bonchev–Trinajstić information content (AvgIpc) is 2.33. The molecule has 0 saturated carbocycles. The zero-order chi connectivity index (χ0) is 12.0. The van der Waals surface area contributed by atoms with Crippen LogP contribution in [0.1, 0.15) is 12.0 Å². The van der Waals surface area contributed by atoms with Crippen LogP contribution in [0.2, 0.25) is 0 Å². The Kier molecular flexibility index (Phi) is 4.18. The Balaban J connectivity index is 3.17. The monoisotopic (exact) mass is 219 g/mol. The minimum atomic E-state index is -1.48. The van der Waals surface area contributed by atoms with Crippen molar-refractivity contribution in [2.45, 2.75) is 12.2 Å². The molecule has 0 spiro atoms. The highest BCUT2D eigenvalue weighted by atomic mass is 16.7. The third kappa shape index (κ3) is 2.11. The van der Waals surface area contributed by atoms with Gasteiger partial charge in [0.05, 0.1) is 12.5 Å². The van der Waals surface area contributed by atoms with Crippen molar-refractivity contribution in [3.8, 4) is 6.07 Å². The number of nitrogens with zero attached hydrogens (tertiary/aromatic N) is 1. The highest BCUT2D eigenvalue weighted by Crippen LogP contribution is 2.28. The Morgan fingerprint density at radius 1 is 1.31 bits per heavy atom. The summed E-state index contributed by atoms with van der Waals surface area (Å²) in [7, 11) is 2.76. The number of methoxy groups -OCH3 is 2. The van der Waals surface area contributed by atoms with E-state index < -0.39 is 11.6 Å². The molecule has 0 aromatic heterocycles. The molecular weight excluding hydrogens is 206 g/mol. The van der Waals surface area contributed by atoms with E-state index in [0.717, 1.165) is 0 Å². The van der Waals surface area contributed by atoms with Crippen LogP contribution < -0.4 is 0 Å². The fourth-order valence-corrected chi connectivity index (χ4v) is 1.55. The number of carbonyl (C=O) groups is 1. The summed E-state index contributed by atoms with van der Waals surface area (Å²) in [5, 5.41) is 8.56. The van der Waals surface area contributed by atoms with Gasteiger partial charge >= 0.3 is 0 Å². The fraction of sp³-hybridized carbons (Fsp3) is 0.333. The standard InChI is InChI=1S/C12H13NO3/c1-15-12(16-2,11(14)8-9-13)10-6-4-3-5-7-10/h3-7H,8H2,1-2H3. The van der Waals surface area contributed by atoms with Gasteiger partial charge in [-0.2, -0.15) is 5.26 Å².